The molecular formula is C14H26N4O2. The lowest BCUT2D eigenvalue weighted by atomic mass is 10.2. The molecule has 2 atom stereocenters. The van der Waals surface area contributed by atoms with Gasteiger partial charge in [0.05, 0.1) is 18.2 Å². The van der Waals surface area contributed by atoms with Crippen LogP contribution in [0.3, 0.4) is 0 Å². The fraction of sp³-hybridized carbons (Fsp3) is 0.857. The molecule has 1 heterocycles. The van der Waals surface area contributed by atoms with Crippen molar-refractivity contribution in [2.75, 3.05) is 46.4 Å². The van der Waals surface area contributed by atoms with Crippen molar-refractivity contribution in [1.82, 2.24) is 15.1 Å². The van der Waals surface area contributed by atoms with Crippen LogP contribution in [0.2, 0.25) is 0 Å². The Balaban J connectivity index is 2.29. The van der Waals surface area contributed by atoms with Gasteiger partial charge in [0, 0.05) is 46.4 Å². The van der Waals surface area contributed by atoms with E-state index in [2.05, 4.69) is 21.2 Å². The van der Waals surface area contributed by atoms with E-state index in [9.17, 15) is 4.79 Å². The molecule has 0 aromatic heterocycles. The third-order valence-electron chi connectivity index (χ3n) is 3.84. The van der Waals surface area contributed by atoms with E-state index in [1.165, 1.54) is 0 Å². The van der Waals surface area contributed by atoms with Crippen molar-refractivity contribution in [2.45, 2.75) is 32.4 Å². The van der Waals surface area contributed by atoms with E-state index >= 15 is 0 Å². The van der Waals surface area contributed by atoms with E-state index in [1.54, 1.807) is 7.11 Å². The summed E-state index contributed by atoms with van der Waals surface area (Å²) < 4.78 is 4.95. The first-order valence-corrected chi connectivity index (χ1v) is 7.24. The third kappa shape index (κ3) is 5.08. The molecule has 0 bridgehead atoms. The molecule has 2 unspecified atom stereocenters. The highest BCUT2D eigenvalue weighted by molar-refractivity contribution is 5.81. The first-order chi connectivity index (χ1) is 9.60. The summed E-state index contributed by atoms with van der Waals surface area (Å²) in [5.74, 6) is 0.0721. The monoisotopic (exact) mass is 282 g/mol. The van der Waals surface area contributed by atoms with Gasteiger partial charge in [0.2, 0.25) is 5.91 Å². The summed E-state index contributed by atoms with van der Waals surface area (Å²) in [5.41, 5.74) is 0. The fourth-order valence-corrected chi connectivity index (χ4v) is 2.34. The molecule has 0 radical (unpaired) electrons. The summed E-state index contributed by atoms with van der Waals surface area (Å²) in [6.45, 7) is 8.53. The summed E-state index contributed by atoms with van der Waals surface area (Å²) in [5, 5.41) is 11.8. The van der Waals surface area contributed by atoms with E-state index in [-0.39, 0.29) is 18.0 Å². The maximum atomic E-state index is 12.0. The zero-order valence-electron chi connectivity index (χ0n) is 12.8. The number of piperazine rings is 1. The van der Waals surface area contributed by atoms with E-state index in [0.717, 1.165) is 32.6 Å². The minimum atomic E-state index is -0.114. The van der Waals surface area contributed by atoms with Crippen LogP contribution in [0, 0.1) is 11.3 Å². The lowest BCUT2D eigenvalue weighted by Crippen LogP contribution is -2.55. The zero-order chi connectivity index (χ0) is 15.0. The Labute approximate surface area is 121 Å². The Kier molecular flexibility index (Phi) is 7.52. The van der Waals surface area contributed by atoms with Crippen LogP contribution in [0.15, 0.2) is 0 Å². The number of amides is 1. The minimum Gasteiger partial charge on any atom is -0.385 e. The highest BCUT2D eigenvalue weighted by atomic mass is 16.5. The second-order valence-corrected chi connectivity index (χ2v) is 5.19. The van der Waals surface area contributed by atoms with Crippen LogP contribution in [-0.4, -0.2) is 74.2 Å². The number of rotatable bonds is 7. The second kappa shape index (κ2) is 8.90. The molecule has 0 aliphatic carbocycles. The van der Waals surface area contributed by atoms with Crippen molar-refractivity contribution >= 4 is 5.91 Å². The number of carbonyl (C=O) groups is 1. The topological polar surface area (TPSA) is 68.6 Å². The van der Waals surface area contributed by atoms with Crippen LogP contribution >= 0.6 is 0 Å². The van der Waals surface area contributed by atoms with Crippen LogP contribution in [0.1, 0.15) is 20.3 Å². The Morgan fingerprint density at radius 2 is 1.90 bits per heavy atom. The number of methoxy groups -OCH3 is 1. The molecule has 6 nitrogen and oxygen atoms in total. The van der Waals surface area contributed by atoms with Gasteiger partial charge in [0.1, 0.15) is 0 Å². The normalized spacial score (nSPS) is 20.1. The second-order valence-electron chi connectivity index (χ2n) is 5.19. The summed E-state index contributed by atoms with van der Waals surface area (Å²) in [6, 6.07) is 2.10. The molecule has 1 rings (SSSR count). The fourth-order valence-electron chi connectivity index (χ4n) is 2.34. The van der Waals surface area contributed by atoms with E-state index in [4.69, 9.17) is 10.00 Å². The summed E-state index contributed by atoms with van der Waals surface area (Å²) in [4.78, 5) is 16.3. The predicted octanol–water partition coefficient (Wildman–Crippen LogP) is 0.0573. The summed E-state index contributed by atoms with van der Waals surface area (Å²) >= 11 is 0. The Bertz CT molecular complexity index is 335. The summed E-state index contributed by atoms with van der Waals surface area (Å²) in [7, 11) is 1.66. The van der Waals surface area contributed by atoms with Crippen molar-refractivity contribution in [3.63, 3.8) is 0 Å². The third-order valence-corrected chi connectivity index (χ3v) is 3.84. The first-order valence-electron chi connectivity index (χ1n) is 7.24. The standard InChI is InChI=1S/C14H26N4O2/c1-12(11-15)17-6-8-18(9-7-17)13(2)14(19)16-5-4-10-20-3/h12-13H,4-10H2,1-3H3,(H,16,19). The van der Waals surface area contributed by atoms with Crippen molar-refractivity contribution in [1.29, 1.82) is 5.26 Å². The SMILES string of the molecule is COCCCNC(=O)C(C)N1CCN(C(C)C#N)CC1. The zero-order valence-corrected chi connectivity index (χ0v) is 12.8. The minimum absolute atomic E-state index is 0.0460. The molecule has 1 N–H and O–H groups in total. The predicted molar refractivity (Wildman–Crippen MR) is 77.2 cm³/mol. The number of nitriles is 1. The number of ether oxygens (including phenoxy) is 1. The number of hydrogen-bond donors (Lipinski definition) is 1. The van der Waals surface area contributed by atoms with Gasteiger partial charge in [-0.25, -0.2) is 0 Å². The van der Waals surface area contributed by atoms with E-state index < -0.39 is 0 Å². The molecule has 6 heteroatoms. The molecule has 0 aromatic carbocycles. The number of nitrogens with zero attached hydrogens (tertiary/aromatic N) is 3. The number of carbonyl (C=O) groups excluding carboxylic acids is 1. The van der Waals surface area contributed by atoms with Gasteiger partial charge in [0.15, 0.2) is 0 Å². The molecule has 1 aliphatic heterocycles. The highest BCUT2D eigenvalue weighted by Crippen LogP contribution is 2.09. The van der Waals surface area contributed by atoms with Crippen LogP contribution in [0.25, 0.3) is 0 Å². The molecular weight excluding hydrogens is 256 g/mol. The van der Waals surface area contributed by atoms with Crippen LogP contribution in [0.5, 0.6) is 0 Å². The van der Waals surface area contributed by atoms with Crippen LogP contribution in [-0.2, 0) is 9.53 Å². The molecule has 0 spiro atoms. The van der Waals surface area contributed by atoms with Crippen molar-refractivity contribution in [3.05, 3.63) is 0 Å². The molecule has 1 aliphatic rings. The summed E-state index contributed by atoms with van der Waals surface area (Å²) in [6.07, 6.45) is 0.836. The molecule has 1 amide bonds. The van der Waals surface area contributed by atoms with Gasteiger partial charge < -0.3 is 10.1 Å². The molecule has 0 saturated carbocycles. The molecule has 0 aromatic rings. The largest absolute Gasteiger partial charge is 0.385 e. The number of hydrogen-bond acceptors (Lipinski definition) is 5. The maximum Gasteiger partial charge on any atom is 0.237 e. The van der Waals surface area contributed by atoms with Crippen LogP contribution in [0.4, 0.5) is 0 Å². The van der Waals surface area contributed by atoms with Gasteiger partial charge in [-0.2, -0.15) is 5.26 Å². The smallest absolute Gasteiger partial charge is 0.237 e. The van der Waals surface area contributed by atoms with Gasteiger partial charge in [-0.05, 0) is 20.3 Å². The average molecular weight is 282 g/mol. The quantitative estimate of drug-likeness (QED) is 0.669. The Morgan fingerprint density at radius 1 is 1.30 bits per heavy atom. The van der Waals surface area contributed by atoms with Gasteiger partial charge >= 0.3 is 0 Å². The Hall–Kier alpha value is -1.16. The van der Waals surface area contributed by atoms with Crippen molar-refractivity contribution in [2.24, 2.45) is 0 Å². The van der Waals surface area contributed by atoms with Crippen molar-refractivity contribution in [3.8, 4) is 6.07 Å². The Morgan fingerprint density at radius 3 is 2.45 bits per heavy atom. The average Bonchev–Trinajstić information content (AvgIpc) is 2.50. The number of nitrogens with one attached hydrogen (secondary N) is 1. The van der Waals surface area contributed by atoms with Gasteiger partial charge in [-0.3, -0.25) is 14.6 Å². The van der Waals surface area contributed by atoms with Gasteiger partial charge in [-0.15, -0.1) is 0 Å². The highest BCUT2D eigenvalue weighted by Gasteiger charge is 2.26. The van der Waals surface area contributed by atoms with Gasteiger partial charge in [-0.1, -0.05) is 0 Å². The van der Waals surface area contributed by atoms with Gasteiger partial charge in [0.25, 0.3) is 0 Å². The maximum absolute atomic E-state index is 12.0. The van der Waals surface area contributed by atoms with Crippen LogP contribution < -0.4 is 5.32 Å². The lowest BCUT2D eigenvalue weighted by Gasteiger charge is -2.38. The molecule has 1 fully saturated rings. The molecule has 20 heavy (non-hydrogen) atoms. The first kappa shape index (κ1) is 16.9. The van der Waals surface area contributed by atoms with E-state index in [0.29, 0.717) is 13.2 Å². The molecule has 114 valence electrons. The van der Waals surface area contributed by atoms with E-state index in [1.807, 2.05) is 13.8 Å². The lowest BCUT2D eigenvalue weighted by molar-refractivity contribution is -0.126. The molecule has 1 saturated heterocycles. The van der Waals surface area contributed by atoms with Crippen molar-refractivity contribution < 1.29 is 9.53 Å².